The highest BCUT2D eigenvalue weighted by atomic mass is 32.2. The Hall–Kier alpha value is -0.130. The van der Waals surface area contributed by atoms with Gasteiger partial charge in [-0.05, 0) is 56.3 Å². The summed E-state index contributed by atoms with van der Waals surface area (Å²) in [7, 11) is -0.0773. The van der Waals surface area contributed by atoms with Crippen LogP contribution in [0.1, 0.15) is 38.5 Å². The van der Waals surface area contributed by atoms with Crippen LogP contribution in [0.25, 0.3) is 0 Å². The minimum absolute atomic E-state index is 0.113. The highest BCUT2D eigenvalue weighted by Crippen LogP contribution is 2.55. The van der Waals surface area contributed by atoms with Crippen molar-refractivity contribution in [3.05, 3.63) is 0 Å². The first kappa shape index (κ1) is 11.9. The van der Waals surface area contributed by atoms with Crippen LogP contribution in [0.2, 0.25) is 0 Å². The molecule has 4 saturated carbocycles. The summed E-state index contributed by atoms with van der Waals surface area (Å²) in [4.78, 5) is 0. The fourth-order valence-corrected chi connectivity index (χ4v) is 5.58. The maximum Gasteiger partial charge on any atom is 0.279 e. The lowest BCUT2D eigenvalue weighted by Crippen LogP contribution is -2.61. The van der Waals surface area contributed by atoms with E-state index in [2.05, 4.69) is 4.72 Å². The molecule has 17 heavy (non-hydrogen) atoms. The maximum absolute atomic E-state index is 12.0. The smallest absolute Gasteiger partial charge is 0.196 e. The van der Waals surface area contributed by atoms with Crippen molar-refractivity contribution in [3.8, 4) is 0 Å². The van der Waals surface area contributed by atoms with Crippen LogP contribution in [0.15, 0.2) is 0 Å². The molecule has 0 aromatic rings. The highest BCUT2D eigenvalue weighted by molar-refractivity contribution is 7.87. The molecule has 0 unspecified atom stereocenters. The van der Waals surface area contributed by atoms with Gasteiger partial charge in [0.15, 0.2) is 0 Å². The van der Waals surface area contributed by atoms with E-state index in [0.29, 0.717) is 0 Å². The molecule has 0 radical (unpaired) electrons. The van der Waals surface area contributed by atoms with Crippen LogP contribution in [0, 0.1) is 17.8 Å². The molecule has 4 aliphatic carbocycles. The molecular formula is C12H22N2O2S. The molecule has 0 heterocycles. The number of nitrogens with zero attached hydrogens (tertiary/aromatic N) is 1. The van der Waals surface area contributed by atoms with Gasteiger partial charge in [-0.2, -0.15) is 17.4 Å². The lowest BCUT2D eigenvalue weighted by Gasteiger charge is -2.56. The molecule has 4 rings (SSSR count). The summed E-state index contributed by atoms with van der Waals surface area (Å²) in [6.45, 7) is 0. The normalized spacial score (nSPS) is 44.5. The van der Waals surface area contributed by atoms with Crippen molar-refractivity contribution < 1.29 is 8.42 Å². The molecular weight excluding hydrogens is 236 g/mol. The largest absolute Gasteiger partial charge is 0.279 e. The summed E-state index contributed by atoms with van der Waals surface area (Å²) in [6.07, 6.45) is 7.19. The molecule has 0 aromatic carbocycles. The molecule has 4 nitrogen and oxygen atoms in total. The van der Waals surface area contributed by atoms with Gasteiger partial charge < -0.3 is 0 Å². The van der Waals surface area contributed by atoms with Gasteiger partial charge in [-0.1, -0.05) is 0 Å². The van der Waals surface area contributed by atoms with E-state index < -0.39 is 10.2 Å². The summed E-state index contributed by atoms with van der Waals surface area (Å²) >= 11 is 0. The molecule has 0 amide bonds. The predicted molar refractivity (Wildman–Crippen MR) is 66.6 cm³/mol. The van der Waals surface area contributed by atoms with Gasteiger partial charge in [0.05, 0.1) is 0 Å². The van der Waals surface area contributed by atoms with Crippen LogP contribution in [-0.4, -0.2) is 32.4 Å². The Balaban J connectivity index is 1.83. The second kappa shape index (κ2) is 3.68. The van der Waals surface area contributed by atoms with E-state index in [0.717, 1.165) is 37.0 Å². The van der Waals surface area contributed by atoms with Crippen LogP contribution in [0.3, 0.4) is 0 Å². The maximum atomic E-state index is 12.0. The zero-order valence-corrected chi connectivity index (χ0v) is 11.5. The molecule has 4 aliphatic rings. The molecule has 5 heteroatoms. The second-order valence-corrected chi connectivity index (χ2v) is 8.47. The number of hydrogen-bond donors (Lipinski definition) is 1. The van der Waals surface area contributed by atoms with Crippen LogP contribution in [-0.2, 0) is 10.2 Å². The third kappa shape index (κ3) is 2.02. The van der Waals surface area contributed by atoms with Gasteiger partial charge in [0.2, 0.25) is 0 Å². The lowest BCUT2D eigenvalue weighted by molar-refractivity contribution is -0.00866. The third-order valence-electron chi connectivity index (χ3n) is 4.86. The van der Waals surface area contributed by atoms with E-state index in [1.54, 1.807) is 14.1 Å². The molecule has 0 aliphatic heterocycles. The quantitative estimate of drug-likeness (QED) is 0.831. The summed E-state index contributed by atoms with van der Waals surface area (Å²) in [5, 5.41) is 0. The van der Waals surface area contributed by atoms with E-state index in [4.69, 9.17) is 0 Å². The number of nitrogens with one attached hydrogen (secondary N) is 1. The fourth-order valence-electron chi connectivity index (χ4n) is 4.60. The van der Waals surface area contributed by atoms with Crippen LogP contribution >= 0.6 is 0 Å². The van der Waals surface area contributed by atoms with Gasteiger partial charge in [0.25, 0.3) is 10.2 Å². The molecule has 0 spiro atoms. The molecule has 1 N–H and O–H groups in total. The summed E-state index contributed by atoms with van der Waals surface area (Å²) < 4.78 is 28.4. The van der Waals surface area contributed by atoms with Crippen LogP contribution < -0.4 is 4.72 Å². The van der Waals surface area contributed by atoms with Crippen molar-refractivity contribution >= 4 is 10.2 Å². The highest BCUT2D eigenvalue weighted by Gasteiger charge is 2.52. The lowest BCUT2D eigenvalue weighted by atomic mass is 9.53. The first-order valence-corrected chi connectivity index (χ1v) is 8.04. The Morgan fingerprint density at radius 3 is 1.76 bits per heavy atom. The SMILES string of the molecule is CN(C)S(=O)(=O)NC12CC3CC(CC(C3)C1)C2. The van der Waals surface area contributed by atoms with Gasteiger partial charge in [-0.15, -0.1) is 0 Å². The van der Waals surface area contributed by atoms with Crippen LogP contribution in [0.5, 0.6) is 0 Å². The Bertz CT molecular complexity index is 381. The molecule has 0 atom stereocenters. The molecule has 98 valence electrons. The van der Waals surface area contributed by atoms with E-state index in [1.165, 1.54) is 23.6 Å². The van der Waals surface area contributed by atoms with Gasteiger partial charge >= 0.3 is 0 Å². The van der Waals surface area contributed by atoms with Gasteiger partial charge in [-0.25, -0.2) is 0 Å². The predicted octanol–water partition coefficient (Wildman–Crippen LogP) is 1.35. The number of hydrogen-bond acceptors (Lipinski definition) is 2. The average Bonchev–Trinajstić information content (AvgIpc) is 2.12. The Labute approximate surface area is 104 Å². The van der Waals surface area contributed by atoms with Gasteiger partial charge in [0, 0.05) is 19.6 Å². The first-order valence-electron chi connectivity index (χ1n) is 6.60. The minimum atomic E-state index is -3.28. The van der Waals surface area contributed by atoms with Crippen molar-refractivity contribution in [2.75, 3.05) is 14.1 Å². The van der Waals surface area contributed by atoms with Crippen molar-refractivity contribution in [1.82, 2.24) is 9.03 Å². The van der Waals surface area contributed by atoms with Crippen molar-refractivity contribution in [3.63, 3.8) is 0 Å². The number of rotatable bonds is 3. The first-order chi connectivity index (χ1) is 7.89. The molecule has 0 aromatic heterocycles. The van der Waals surface area contributed by atoms with E-state index in [9.17, 15) is 8.42 Å². The second-order valence-electron chi connectivity index (χ2n) is 6.59. The molecule has 4 fully saturated rings. The Kier molecular flexibility index (Phi) is 2.58. The van der Waals surface area contributed by atoms with Crippen LogP contribution in [0.4, 0.5) is 0 Å². The Morgan fingerprint density at radius 1 is 1.00 bits per heavy atom. The topological polar surface area (TPSA) is 49.4 Å². The molecule has 4 bridgehead atoms. The zero-order chi connectivity index (χ0) is 12.3. The monoisotopic (exact) mass is 258 g/mol. The van der Waals surface area contributed by atoms with E-state index >= 15 is 0 Å². The summed E-state index contributed by atoms with van der Waals surface area (Å²) in [5.74, 6) is 2.31. The van der Waals surface area contributed by atoms with Crippen molar-refractivity contribution in [1.29, 1.82) is 0 Å². The molecule has 0 saturated heterocycles. The standard InChI is InChI=1S/C12H22N2O2S/c1-14(2)17(15,16)13-12-6-9-3-10(7-12)5-11(4-9)8-12/h9-11,13H,3-8H2,1-2H3. The van der Waals surface area contributed by atoms with Gasteiger partial charge in [-0.3, -0.25) is 0 Å². The fraction of sp³-hybridized carbons (Fsp3) is 1.00. The zero-order valence-electron chi connectivity index (χ0n) is 10.6. The van der Waals surface area contributed by atoms with E-state index in [1.807, 2.05) is 0 Å². The third-order valence-corrected chi connectivity index (χ3v) is 6.52. The Morgan fingerprint density at radius 2 is 1.41 bits per heavy atom. The van der Waals surface area contributed by atoms with Crippen molar-refractivity contribution in [2.24, 2.45) is 17.8 Å². The van der Waals surface area contributed by atoms with Crippen molar-refractivity contribution in [2.45, 2.75) is 44.1 Å². The van der Waals surface area contributed by atoms with Gasteiger partial charge in [0.1, 0.15) is 0 Å². The summed E-state index contributed by atoms with van der Waals surface area (Å²) in [6, 6.07) is 0. The van der Waals surface area contributed by atoms with E-state index in [-0.39, 0.29) is 5.54 Å². The summed E-state index contributed by atoms with van der Waals surface area (Å²) in [5.41, 5.74) is -0.113. The minimum Gasteiger partial charge on any atom is -0.196 e. The average molecular weight is 258 g/mol.